The first-order valence-electron chi connectivity index (χ1n) is 10.4. The van der Waals surface area contributed by atoms with Gasteiger partial charge in [-0.05, 0) is 55.7 Å². The molecule has 0 radical (unpaired) electrons. The molecule has 1 aromatic carbocycles. The molecule has 0 bridgehead atoms. The summed E-state index contributed by atoms with van der Waals surface area (Å²) in [6.45, 7) is 4.38. The fourth-order valence-electron chi connectivity index (χ4n) is 4.19. The first-order chi connectivity index (χ1) is 15.2. The van der Waals surface area contributed by atoms with E-state index in [2.05, 4.69) is 47.8 Å². The number of pyridine rings is 1. The average Bonchev–Trinajstić information content (AvgIpc) is 3.45. The molecular formula is C22H23ClN8. The van der Waals surface area contributed by atoms with Crippen molar-refractivity contribution >= 4 is 17.4 Å². The summed E-state index contributed by atoms with van der Waals surface area (Å²) in [7, 11) is 0. The van der Waals surface area contributed by atoms with Gasteiger partial charge in [-0.15, -0.1) is 10.2 Å². The molecule has 4 aromatic rings. The van der Waals surface area contributed by atoms with Crippen LogP contribution in [0.4, 0.5) is 5.82 Å². The highest BCUT2D eigenvalue weighted by Gasteiger charge is 2.28. The number of piperidine rings is 1. The van der Waals surface area contributed by atoms with E-state index in [1.807, 2.05) is 36.5 Å². The van der Waals surface area contributed by atoms with Gasteiger partial charge in [-0.3, -0.25) is 4.57 Å². The first kappa shape index (κ1) is 19.7. The third-order valence-electron chi connectivity index (χ3n) is 5.74. The van der Waals surface area contributed by atoms with Crippen LogP contribution in [0.3, 0.4) is 0 Å². The molecule has 1 aliphatic heterocycles. The highest BCUT2D eigenvalue weighted by Crippen LogP contribution is 2.32. The van der Waals surface area contributed by atoms with E-state index in [0.717, 1.165) is 59.7 Å². The Morgan fingerprint density at radius 1 is 1.00 bits per heavy atom. The summed E-state index contributed by atoms with van der Waals surface area (Å²) in [4.78, 5) is 8.45. The van der Waals surface area contributed by atoms with Gasteiger partial charge in [0.25, 0.3) is 0 Å². The van der Waals surface area contributed by atoms with Crippen molar-refractivity contribution in [3.8, 4) is 5.69 Å². The zero-order valence-electron chi connectivity index (χ0n) is 17.3. The van der Waals surface area contributed by atoms with E-state index in [1.54, 1.807) is 17.2 Å². The topological polar surface area (TPSA) is 77.5 Å². The molecule has 1 saturated heterocycles. The molecule has 0 saturated carbocycles. The molecule has 0 spiro atoms. The number of aromatic nitrogens is 7. The van der Waals surface area contributed by atoms with Gasteiger partial charge in [0.2, 0.25) is 0 Å². The van der Waals surface area contributed by atoms with Gasteiger partial charge in [-0.2, -0.15) is 15.0 Å². The molecule has 9 heteroatoms. The third-order valence-corrected chi connectivity index (χ3v) is 5.97. The quantitative estimate of drug-likeness (QED) is 0.477. The maximum atomic E-state index is 6.22. The van der Waals surface area contributed by atoms with Gasteiger partial charge in [0.1, 0.15) is 18.2 Å². The predicted octanol–water partition coefficient (Wildman–Crippen LogP) is 3.65. The number of halogens is 1. The SMILES string of the molecule is Cc1cc(Cl)ccc1-n1c(Cn2nccn2)nnc1C1CCN(c2ccccn2)CC1. The van der Waals surface area contributed by atoms with Gasteiger partial charge < -0.3 is 4.90 Å². The van der Waals surface area contributed by atoms with Crippen LogP contribution in [0.15, 0.2) is 55.0 Å². The van der Waals surface area contributed by atoms with E-state index in [0.29, 0.717) is 12.5 Å². The smallest absolute Gasteiger partial charge is 0.161 e. The van der Waals surface area contributed by atoms with Gasteiger partial charge in [0, 0.05) is 30.2 Å². The standard InChI is InChI=1S/C22H23ClN8/c1-16-14-18(23)5-6-19(16)31-21(15-30-25-10-11-26-30)27-28-22(31)17-7-12-29(13-8-17)20-4-2-3-9-24-20/h2-6,9-11,14,17H,7-8,12-13,15H2,1H3. The molecule has 158 valence electrons. The van der Waals surface area contributed by atoms with Crippen LogP contribution in [-0.4, -0.2) is 47.8 Å². The summed E-state index contributed by atoms with van der Waals surface area (Å²) >= 11 is 6.22. The maximum absolute atomic E-state index is 6.22. The lowest BCUT2D eigenvalue weighted by molar-refractivity contribution is 0.475. The molecule has 1 aliphatic rings. The second-order valence-electron chi connectivity index (χ2n) is 7.75. The van der Waals surface area contributed by atoms with E-state index in [4.69, 9.17) is 11.6 Å². The van der Waals surface area contributed by atoms with Crippen LogP contribution < -0.4 is 4.90 Å². The molecule has 0 N–H and O–H groups in total. The molecule has 31 heavy (non-hydrogen) atoms. The summed E-state index contributed by atoms with van der Waals surface area (Å²) in [5.41, 5.74) is 2.12. The summed E-state index contributed by atoms with van der Waals surface area (Å²) in [5, 5.41) is 18.4. The molecule has 0 aliphatic carbocycles. The highest BCUT2D eigenvalue weighted by atomic mass is 35.5. The van der Waals surface area contributed by atoms with Crippen LogP contribution in [0, 0.1) is 6.92 Å². The van der Waals surface area contributed by atoms with E-state index in [-0.39, 0.29) is 0 Å². The minimum absolute atomic E-state index is 0.307. The van der Waals surface area contributed by atoms with Crippen LogP contribution in [0.1, 0.15) is 36.0 Å². The van der Waals surface area contributed by atoms with Crippen molar-refractivity contribution in [2.45, 2.75) is 32.2 Å². The van der Waals surface area contributed by atoms with Crippen LogP contribution in [0.2, 0.25) is 5.02 Å². The van der Waals surface area contributed by atoms with Crippen molar-refractivity contribution in [1.29, 1.82) is 0 Å². The van der Waals surface area contributed by atoms with Crippen molar-refractivity contribution in [2.75, 3.05) is 18.0 Å². The van der Waals surface area contributed by atoms with Crippen molar-refractivity contribution in [1.82, 2.24) is 34.7 Å². The minimum atomic E-state index is 0.307. The van der Waals surface area contributed by atoms with Crippen LogP contribution in [-0.2, 0) is 6.54 Å². The lowest BCUT2D eigenvalue weighted by Crippen LogP contribution is -2.34. The van der Waals surface area contributed by atoms with Gasteiger partial charge in [-0.1, -0.05) is 17.7 Å². The van der Waals surface area contributed by atoms with E-state index in [9.17, 15) is 0 Å². The molecule has 0 unspecified atom stereocenters. The Morgan fingerprint density at radius 3 is 2.52 bits per heavy atom. The fraction of sp³-hybridized carbons (Fsp3) is 0.318. The van der Waals surface area contributed by atoms with Crippen LogP contribution in [0.5, 0.6) is 0 Å². The fourth-order valence-corrected chi connectivity index (χ4v) is 4.42. The number of anilines is 1. The molecule has 8 nitrogen and oxygen atoms in total. The Kier molecular flexibility index (Phi) is 5.38. The molecule has 3 aromatic heterocycles. The van der Waals surface area contributed by atoms with E-state index >= 15 is 0 Å². The Hall–Kier alpha value is -3.26. The van der Waals surface area contributed by atoms with Crippen molar-refractivity contribution < 1.29 is 0 Å². The maximum Gasteiger partial charge on any atom is 0.161 e. The number of hydrogen-bond donors (Lipinski definition) is 0. The van der Waals surface area contributed by atoms with Gasteiger partial charge in [-0.25, -0.2) is 4.98 Å². The Balaban J connectivity index is 1.46. The molecule has 1 fully saturated rings. The molecular weight excluding hydrogens is 412 g/mol. The highest BCUT2D eigenvalue weighted by molar-refractivity contribution is 6.30. The largest absolute Gasteiger partial charge is 0.357 e. The Morgan fingerprint density at radius 2 is 1.81 bits per heavy atom. The third kappa shape index (κ3) is 4.03. The zero-order valence-corrected chi connectivity index (χ0v) is 18.0. The summed E-state index contributed by atoms with van der Waals surface area (Å²) in [6, 6.07) is 12.0. The number of rotatable bonds is 5. The second-order valence-corrected chi connectivity index (χ2v) is 8.19. The second kappa shape index (κ2) is 8.47. The summed E-state index contributed by atoms with van der Waals surface area (Å²) in [6.07, 6.45) is 7.16. The molecule has 0 amide bonds. The predicted molar refractivity (Wildman–Crippen MR) is 119 cm³/mol. The van der Waals surface area contributed by atoms with Gasteiger partial charge >= 0.3 is 0 Å². The molecule has 4 heterocycles. The summed E-state index contributed by atoms with van der Waals surface area (Å²) < 4.78 is 2.16. The van der Waals surface area contributed by atoms with Crippen LogP contribution >= 0.6 is 11.6 Å². The average molecular weight is 435 g/mol. The number of hydrogen-bond acceptors (Lipinski definition) is 6. The number of aryl methyl sites for hydroxylation is 1. The lowest BCUT2D eigenvalue weighted by Gasteiger charge is -2.32. The van der Waals surface area contributed by atoms with Crippen molar-refractivity contribution in [3.63, 3.8) is 0 Å². The van der Waals surface area contributed by atoms with Gasteiger partial charge in [0.05, 0.1) is 18.1 Å². The summed E-state index contributed by atoms with van der Waals surface area (Å²) in [5.74, 6) is 3.13. The van der Waals surface area contributed by atoms with Crippen molar-refractivity contribution in [2.24, 2.45) is 0 Å². The Bertz CT molecular complexity index is 1150. The van der Waals surface area contributed by atoms with Gasteiger partial charge in [0.15, 0.2) is 5.82 Å². The normalized spacial score (nSPS) is 14.8. The number of nitrogens with zero attached hydrogens (tertiary/aromatic N) is 8. The molecule has 5 rings (SSSR count). The zero-order chi connectivity index (χ0) is 21.2. The monoisotopic (exact) mass is 434 g/mol. The van der Waals surface area contributed by atoms with E-state index in [1.165, 1.54) is 0 Å². The lowest BCUT2D eigenvalue weighted by atomic mass is 9.95. The Labute approximate surface area is 185 Å². The first-order valence-corrected chi connectivity index (χ1v) is 10.8. The minimum Gasteiger partial charge on any atom is -0.357 e. The van der Waals surface area contributed by atoms with Crippen molar-refractivity contribution in [3.05, 3.63) is 77.2 Å². The number of benzene rings is 1. The molecule has 0 atom stereocenters. The van der Waals surface area contributed by atoms with E-state index < -0.39 is 0 Å². The van der Waals surface area contributed by atoms with Crippen LogP contribution in [0.25, 0.3) is 5.69 Å².